The van der Waals surface area contributed by atoms with Crippen molar-refractivity contribution in [3.63, 3.8) is 0 Å². The number of nitrogens with one attached hydrogen (secondary N) is 2. The third kappa shape index (κ3) is 2.39. The van der Waals surface area contributed by atoms with Crippen LogP contribution in [0.1, 0.15) is 27.7 Å². The van der Waals surface area contributed by atoms with Gasteiger partial charge in [-0.05, 0) is 42.0 Å². The maximum atomic E-state index is 12.3. The van der Waals surface area contributed by atoms with Gasteiger partial charge >= 0.3 is 0 Å². The maximum absolute atomic E-state index is 12.3. The summed E-state index contributed by atoms with van der Waals surface area (Å²) in [7, 11) is 1.63. The number of fused-ring (bicyclic) bond motifs is 1. The Labute approximate surface area is 147 Å². The Kier molecular flexibility index (Phi) is 3.61. The molecule has 1 unspecified atom stereocenters. The Morgan fingerprint density at radius 2 is 1.96 bits per heavy atom. The number of halogens is 1. The minimum atomic E-state index is -0.221. The first-order valence-electron chi connectivity index (χ1n) is 7.46. The number of aromatic amines is 1. The molecular weight excluding hydrogens is 370 g/mol. The van der Waals surface area contributed by atoms with Gasteiger partial charge in [0, 0.05) is 15.6 Å². The number of benzene rings is 2. The Morgan fingerprint density at radius 1 is 1.17 bits per heavy atom. The molecule has 6 heteroatoms. The molecule has 5 nitrogen and oxygen atoms in total. The highest BCUT2D eigenvalue weighted by atomic mass is 79.9. The molecule has 0 radical (unpaired) electrons. The summed E-state index contributed by atoms with van der Waals surface area (Å²) < 4.78 is 6.17. The highest BCUT2D eigenvalue weighted by molar-refractivity contribution is 9.10. The number of hydrogen-bond donors (Lipinski definition) is 2. The Balaban J connectivity index is 1.82. The molecule has 1 aliphatic rings. The van der Waals surface area contributed by atoms with E-state index in [4.69, 9.17) is 4.74 Å². The van der Waals surface area contributed by atoms with Crippen molar-refractivity contribution in [2.75, 3.05) is 7.11 Å². The summed E-state index contributed by atoms with van der Waals surface area (Å²) in [4.78, 5) is 12.3. The lowest BCUT2D eigenvalue weighted by molar-refractivity contribution is 0.0955. The van der Waals surface area contributed by atoms with Crippen molar-refractivity contribution < 1.29 is 9.53 Å². The molecule has 0 aliphatic carbocycles. The van der Waals surface area contributed by atoms with Crippen LogP contribution < -0.4 is 10.1 Å². The molecule has 1 amide bonds. The molecule has 120 valence electrons. The standard InChI is InChI=1S/C18H14BrN3O2/c1-24-13-7-5-10(6-8-13)16-14-15(11-3-2-4-12(19)9-11)20-18(23)17(14)22-21-16/h2-9,15H,1H3,(H,20,23)(H,21,22). The zero-order valence-electron chi connectivity index (χ0n) is 12.8. The minimum Gasteiger partial charge on any atom is -0.497 e. The van der Waals surface area contributed by atoms with Crippen molar-refractivity contribution in [1.82, 2.24) is 15.5 Å². The van der Waals surface area contributed by atoms with Gasteiger partial charge in [0.25, 0.3) is 5.91 Å². The lowest BCUT2D eigenvalue weighted by Crippen LogP contribution is -2.21. The first kappa shape index (κ1) is 15.0. The second kappa shape index (κ2) is 5.79. The third-order valence-electron chi connectivity index (χ3n) is 4.14. The number of amides is 1. The summed E-state index contributed by atoms with van der Waals surface area (Å²) in [5.41, 5.74) is 4.11. The molecule has 0 bridgehead atoms. The maximum Gasteiger partial charge on any atom is 0.270 e. The number of H-pyrrole nitrogens is 1. The average molecular weight is 384 g/mol. The second-order valence-electron chi connectivity index (χ2n) is 5.55. The molecule has 2 heterocycles. The van der Waals surface area contributed by atoms with E-state index >= 15 is 0 Å². The predicted octanol–water partition coefficient (Wildman–Crippen LogP) is 3.68. The fourth-order valence-electron chi connectivity index (χ4n) is 2.99. The van der Waals surface area contributed by atoms with Crippen molar-refractivity contribution >= 4 is 21.8 Å². The van der Waals surface area contributed by atoms with Crippen LogP contribution >= 0.6 is 15.9 Å². The molecular formula is C18H14BrN3O2. The summed E-state index contributed by atoms with van der Waals surface area (Å²) in [6.07, 6.45) is 0. The van der Waals surface area contributed by atoms with Crippen molar-refractivity contribution in [2.45, 2.75) is 6.04 Å². The zero-order chi connectivity index (χ0) is 16.7. The van der Waals surface area contributed by atoms with Crippen molar-refractivity contribution in [2.24, 2.45) is 0 Å². The number of methoxy groups -OCH3 is 1. The molecule has 1 aliphatic heterocycles. The SMILES string of the molecule is COc1ccc(-c2n[nH]c3c2C(c2cccc(Br)c2)NC3=O)cc1. The summed E-state index contributed by atoms with van der Waals surface area (Å²) in [5.74, 6) is 0.644. The molecule has 0 saturated carbocycles. The van der Waals surface area contributed by atoms with Gasteiger partial charge in [0.05, 0.1) is 18.8 Å². The molecule has 0 fully saturated rings. The largest absolute Gasteiger partial charge is 0.497 e. The number of carbonyl (C=O) groups is 1. The molecule has 1 atom stereocenters. The van der Waals surface area contributed by atoms with E-state index in [1.807, 2.05) is 48.5 Å². The van der Waals surface area contributed by atoms with Crippen LogP contribution in [0.5, 0.6) is 5.75 Å². The fourth-order valence-corrected chi connectivity index (χ4v) is 3.40. The number of ether oxygens (including phenoxy) is 1. The van der Waals surface area contributed by atoms with Crippen LogP contribution in [0.3, 0.4) is 0 Å². The summed E-state index contributed by atoms with van der Waals surface area (Å²) in [5, 5.41) is 10.3. The van der Waals surface area contributed by atoms with Crippen LogP contribution in [-0.2, 0) is 0 Å². The van der Waals surface area contributed by atoms with E-state index < -0.39 is 0 Å². The third-order valence-corrected chi connectivity index (χ3v) is 4.63. The van der Waals surface area contributed by atoms with E-state index in [0.717, 1.165) is 32.6 Å². The number of carbonyl (C=O) groups excluding carboxylic acids is 1. The first-order chi connectivity index (χ1) is 11.7. The first-order valence-corrected chi connectivity index (χ1v) is 8.25. The van der Waals surface area contributed by atoms with E-state index in [0.29, 0.717) is 5.69 Å². The normalized spacial score (nSPS) is 15.9. The molecule has 0 spiro atoms. The monoisotopic (exact) mass is 383 g/mol. The molecule has 2 N–H and O–H groups in total. The number of hydrogen-bond acceptors (Lipinski definition) is 3. The quantitative estimate of drug-likeness (QED) is 0.724. The molecule has 1 aromatic heterocycles. The van der Waals surface area contributed by atoms with Crippen LogP contribution in [-0.4, -0.2) is 23.2 Å². The topological polar surface area (TPSA) is 67.0 Å². The van der Waals surface area contributed by atoms with Crippen LogP contribution in [0.2, 0.25) is 0 Å². The molecule has 3 aromatic rings. The number of aromatic nitrogens is 2. The lowest BCUT2D eigenvalue weighted by Gasteiger charge is -2.13. The van der Waals surface area contributed by atoms with Crippen molar-refractivity contribution in [3.05, 3.63) is 69.8 Å². The van der Waals surface area contributed by atoms with Crippen molar-refractivity contribution in [1.29, 1.82) is 0 Å². The summed E-state index contributed by atoms with van der Waals surface area (Å²) in [6.45, 7) is 0. The van der Waals surface area contributed by atoms with E-state index in [2.05, 4.69) is 31.4 Å². The van der Waals surface area contributed by atoms with Gasteiger partial charge in [-0.25, -0.2) is 0 Å². The highest BCUT2D eigenvalue weighted by Gasteiger charge is 2.35. The lowest BCUT2D eigenvalue weighted by atomic mass is 9.97. The second-order valence-corrected chi connectivity index (χ2v) is 6.47. The van der Waals surface area contributed by atoms with Gasteiger partial charge in [0.2, 0.25) is 0 Å². The smallest absolute Gasteiger partial charge is 0.270 e. The summed E-state index contributed by atoms with van der Waals surface area (Å²) in [6, 6.07) is 15.3. The van der Waals surface area contributed by atoms with Gasteiger partial charge < -0.3 is 10.1 Å². The van der Waals surface area contributed by atoms with Gasteiger partial charge in [-0.2, -0.15) is 5.10 Å². The van der Waals surface area contributed by atoms with E-state index in [1.165, 1.54) is 0 Å². The molecule has 2 aromatic carbocycles. The van der Waals surface area contributed by atoms with E-state index in [1.54, 1.807) is 7.11 Å². The van der Waals surface area contributed by atoms with Crippen LogP contribution in [0.4, 0.5) is 0 Å². The van der Waals surface area contributed by atoms with Gasteiger partial charge in [0.15, 0.2) is 0 Å². The Hall–Kier alpha value is -2.60. The Morgan fingerprint density at radius 3 is 2.67 bits per heavy atom. The highest BCUT2D eigenvalue weighted by Crippen LogP contribution is 2.37. The number of nitrogens with zero attached hydrogens (tertiary/aromatic N) is 1. The molecule has 24 heavy (non-hydrogen) atoms. The summed E-state index contributed by atoms with van der Waals surface area (Å²) >= 11 is 3.48. The van der Waals surface area contributed by atoms with E-state index in [9.17, 15) is 4.79 Å². The van der Waals surface area contributed by atoms with Crippen molar-refractivity contribution in [3.8, 4) is 17.0 Å². The predicted molar refractivity (Wildman–Crippen MR) is 94.0 cm³/mol. The van der Waals surface area contributed by atoms with Crippen LogP contribution in [0.25, 0.3) is 11.3 Å². The Bertz CT molecular complexity index is 918. The zero-order valence-corrected chi connectivity index (χ0v) is 14.4. The average Bonchev–Trinajstić information content (AvgIpc) is 3.17. The van der Waals surface area contributed by atoms with Gasteiger partial charge in [-0.1, -0.05) is 28.1 Å². The fraction of sp³-hybridized carbons (Fsp3) is 0.111. The van der Waals surface area contributed by atoms with Gasteiger partial charge in [-0.15, -0.1) is 0 Å². The van der Waals surface area contributed by atoms with Gasteiger partial charge in [0.1, 0.15) is 11.4 Å². The van der Waals surface area contributed by atoms with Gasteiger partial charge in [-0.3, -0.25) is 9.89 Å². The van der Waals surface area contributed by atoms with Crippen LogP contribution in [0.15, 0.2) is 53.0 Å². The molecule has 0 saturated heterocycles. The van der Waals surface area contributed by atoms with Crippen LogP contribution in [0, 0.1) is 0 Å². The molecule has 4 rings (SSSR count). The minimum absolute atomic E-state index is 0.137. The van der Waals surface area contributed by atoms with E-state index in [-0.39, 0.29) is 11.9 Å². The number of rotatable bonds is 3.